The second-order valence-corrected chi connectivity index (χ2v) is 23.3. The van der Waals surface area contributed by atoms with E-state index >= 15 is 0 Å². The quantitative estimate of drug-likeness (QED) is 0.0464. The molecule has 22 nitrogen and oxygen atoms in total. The molecule has 3 aromatic rings. The predicted molar refractivity (Wildman–Crippen MR) is 307 cm³/mol. The fourth-order valence-corrected chi connectivity index (χ4v) is 12.5. The Kier molecular flexibility index (Phi) is 25.8. The Morgan fingerprint density at radius 1 is 0.878 bits per heavy atom. The van der Waals surface area contributed by atoms with Gasteiger partial charge >= 0.3 is 12.1 Å². The number of aliphatic hydroxyl groups is 4. The number of nitrogens with two attached hydrogens (primary N) is 1. The summed E-state index contributed by atoms with van der Waals surface area (Å²) in [5.41, 5.74) is 7.38. The Bertz CT molecular complexity index is 2570. The molecule has 2 fully saturated rings. The fourth-order valence-electron chi connectivity index (χ4n) is 11.5. The topological polar surface area (TPSA) is 310 Å². The van der Waals surface area contributed by atoms with Crippen LogP contribution in [0.2, 0.25) is 0 Å². The molecule has 2 saturated heterocycles. The molecule has 5 amide bonds. The number of nitrogens with zero attached hydrogens (tertiary/aromatic N) is 3. The number of fused-ring (bicyclic) bond motifs is 1. The van der Waals surface area contributed by atoms with Gasteiger partial charge < -0.3 is 75.4 Å². The Balaban J connectivity index is 1.30. The van der Waals surface area contributed by atoms with Gasteiger partial charge in [0, 0.05) is 75.0 Å². The van der Waals surface area contributed by atoms with Gasteiger partial charge in [0.1, 0.15) is 48.8 Å². The Labute approximate surface area is 485 Å². The van der Waals surface area contributed by atoms with E-state index in [0.29, 0.717) is 54.3 Å². The average Bonchev–Trinajstić information content (AvgIpc) is 3.76. The maximum absolute atomic E-state index is 14.9. The maximum atomic E-state index is 14.9. The van der Waals surface area contributed by atoms with Crippen LogP contribution in [0.4, 0.5) is 4.79 Å². The number of likely N-dealkylation sites (N-methyl/N-ethyl adjacent to an activating group) is 2. The molecule has 0 bridgehead atoms. The van der Waals surface area contributed by atoms with Gasteiger partial charge in [0.15, 0.2) is 0 Å². The molecule has 0 spiro atoms. The van der Waals surface area contributed by atoms with Gasteiger partial charge in [-0.2, -0.15) is 0 Å². The van der Waals surface area contributed by atoms with Crippen LogP contribution in [0.1, 0.15) is 109 Å². The van der Waals surface area contributed by atoms with Crippen molar-refractivity contribution in [3.63, 3.8) is 0 Å². The molecule has 1 aromatic heterocycles. The first kappa shape index (κ1) is 67.3. The highest BCUT2D eigenvalue weighted by Gasteiger charge is 2.46. The molecular formula is C59H90N6O16S. The molecule has 14 atom stereocenters. The van der Waals surface area contributed by atoms with Gasteiger partial charge in [-0.15, -0.1) is 11.3 Å². The molecule has 23 heteroatoms. The zero-order valence-electron chi connectivity index (χ0n) is 49.4. The summed E-state index contributed by atoms with van der Waals surface area (Å²) in [6, 6.07) is 9.59. The molecule has 2 unspecified atom stereocenters. The van der Waals surface area contributed by atoms with Crippen LogP contribution in [0.15, 0.2) is 48.5 Å². The van der Waals surface area contributed by atoms with Crippen molar-refractivity contribution in [3.05, 3.63) is 64.5 Å². The standard InChI is InChI=1S/C59H90N6O16S/c1-12-33(6)47(44(77-10)29-45(67)65-25-18-21-41(65)52(78-11)34(7)54(71)61-40(57(74)75)27-35-19-16-15-17-20-35)63(8)56(73)46(32(4)5)62-55(72)48(36(13-2)14-3)64(9)59(76)79-31-37-22-23-42(39-28-38(30-60)82-53(37)39)80-58-51(70)50(69)49(68)43(81-58)24-26-66/h15-17,19-20,22-23,28,32-34,36,40-41,43-44,46-52,58,66,68-70H,12-14,18,21,24-27,29-31,60H2,1-11H3,(H,61,71)(H,62,72)(H,74,75)/t33?,34-,40?,41+,43-,44-,46+,47+,48+,49+,50+,51-,52-,58-/m1/s1. The lowest BCUT2D eigenvalue weighted by atomic mass is 9.89. The van der Waals surface area contributed by atoms with E-state index in [4.69, 9.17) is 29.4 Å². The number of ether oxygens (including phenoxy) is 5. The average molecular weight is 1170 g/mol. The number of benzene rings is 2. The summed E-state index contributed by atoms with van der Waals surface area (Å²) in [4.78, 5) is 89.5. The van der Waals surface area contributed by atoms with Gasteiger partial charge in [0.2, 0.25) is 29.9 Å². The van der Waals surface area contributed by atoms with Crippen molar-refractivity contribution in [2.24, 2.45) is 29.4 Å². The van der Waals surface area contributed by atoms with E-state index in [0.717, 1.165) is 10.4 Å². The third-order valence-electron chi connectivity index (χ3n) is 16.5. The Morgan fingerprint density at radius 3 is 2.15 bits per heavy atom. The zero-order valence-corrected chi connectivity index (χ0v) is 50.2. The van der Waals surface area contributed by atoms with Crippen molar-refractivity contribution < 1.29 is 78.0 Å². The van der Waals surface area contributed by atoms with Crippen LogP contribution in [-0.2, 0) is 62.5 Å². The van der Waals surface area contributed by atoms with Gasteiger partial charge in [0.25, 0.3) is 0 Å². The molecule has 2 aromatic carbocycles. The molecule has 2 aliphatic heterocycles. The first-order valence-corrected chi connectivity index (χ1v) is 29.4. The van der Waals surface area contributed by atoms with Gasteiger partial charge in [0.05, 0.1) is 42.7 Å². The highest BCUT2D eigenvalue weighted by molar-refractivity contribution is 7.19. The largest absolute Gasteiger partial charge is 0.480 e. The monoisotopic (exact) mass is 1170 g/mol. The number of amides is 5. The number of hydrogen-bond donors (Lipinski definition) is 8. The molecule has 0 saturated carbocycles. The summed E-state index contributed by atoms with van der Waals surface area (Å²) in [5.74, 6) is -4.47. The van der Waals surface area contributed by atoms with Crippen LogP contribution < -0.4 is 21.1 Å². The number of aliphatic carboxylic acids is 1. The SMILES string of the molecule is CCC(CC)[C@@H](C(=O)N[C@H](C(=O)N(C)[C@@H](C(C)CC)[C@@H](CC(=O)N1CCC[C@H]1[C@H](OC)[C@@H](C)C(=O)NC(Cc1ccccc1)C(=O)O)OC)C(C)C)N(C)C(=O)OCc1ccc(O[C@@H]2O[C@H](CCO)[C@H](O)[C@H](O)[C@H]2O)c2cc(CN)sc12. The van der Waals surface area contributed by atoms with E-state index in [1.165, 1.54) is 37.5 Å². The van der Waals surface area contributed by atoms with Gasteiger partial charge in [-0.3, -0.25) is 24.1 Å². The summed E-state index contributed by atoms with van der Waals surface area (Å²) < 4.78 is 30.4. The number of likely N-dealkylation sites (tertiary alicyclic amines) is 1. The summed E-state index contributed by atoms with van der Waals surface area (Å²) in [6.45, 7) is 13.1. The maximum Gasteiger partial charge on any atom is 0.410 e. The van der Waals surface area contributed by atoms with Crippen LogP contribution in [0.3, 0.4) is 0 Å². The molecule has 9 N–H and O–H groups in total. The highest BCUT2D eigenvalue weighted by Crippen LogP contribution is 2.38. The predicted octanol–water partition coefficient (Wildman–Crippen LogP) is 4.18. The van der Waals surface area contributed by atoms with E-state index in [2.05, 4.69) is 10.6 Å². The lowest BCUT2D eigenvalue weighted by molar-refractivity contribution is -0.274. The number of carbonyl (C=O) groups is 6. The molecule has 0 radical (unpaired) electrons. The number of carbonyl (C=O) groups excluding carboxylic acids is 5. The molecule has 2 aliphatic rings. The van der Waals surface area contributed by atoms with Gasteiger partial charge in [-0.25, -0.2) is 9.59 Å². The van der Waals surface area contributed by atoms with Crippen molar-refractivity contribution in [2.75, 3.05) is 41.5 Å². The number of methoxy groups -OCH3 is 2. The number of hydrogen-bond acceptors (Lipinski definition) is 17. The number of aliphatic hydroxyl groups excluding tert-OH is 4. The number of carboxylic acids is 1. The van der Waals surface area contributed by atoms with Crippen molar-refractivity contribution in [1.82, 2.24) is 25.3 Å². The van der Waals surface area contributed by atoms with Crippen molar-refractivity contribution >= 4 is 57.1 Å². The third-order valence-corrected chi connectivity index (χ3v) is 17.7. The summed E-state index contributed by atoms with van der Waals surface area (Å²) in [6.07, 6.45) is -6.68. The second-order valence-electron chi connectivity index (χ2n) is 22.1. The van der Waals surface area contributed by atoms with Crippen LogP contribution in [-0.4, -0.2) is 191 Å². The first-order chi connectivity index (χ1) is 39.0. The number of nitrogens with one attached hydrogen (secondary N) is 2. The molecular weight excluding hydrogens is 1080 g/mol. The molecule has 0 aliphatic carbocycles. The van der Waals surface area contributed by atoms with Crippen molar-refractivity contribution in [3.8, 4) is 5.75 Å². The summed E-state index contributed by atoms with van der Waals surface area (Å²) in [5, 5.41) is 57.5. The minimum absolute atomic E-state index is 0.00989. The molecule has 82 heavy (non-hydrogen) atoms. The van der Waals surface area contributed by atoms with Crippen molar-refractivity contribution in [1.29, 1.82) is 0 Å². The first-order valence-electron chi connectivity index (χ1n) is 28.6. The van der Waals surface area contributed by atoms with Crippen LogP contribution in [0.5, 0.6) is 5.75 Å². The minimum atomic E-state index is -1.62. The lowest BCUT2D eigenvalue weighted by Crippen LogP contribution is -2.60. The number of rotatable bonds is 30. The lowest BCUT2D eigenvalue weighted by Gasteiger charge is -2.41. The molecule has 458 valence electrons. The second kappa shape index (κ2) is 31.4. The Morgan fingerprint density at radius 2 is 1.56 bits per heavy atom. The fraction of sp³-hybridized carbons (Fsp3) is 0.661. The molecule has 3 heterocycles. The Hall–Kier alpha value is -5.50. The zero-order chi connectivity index (χ0) is 60.7. The van der Waals surface area contributed by atoms with Crippen molar-refractivity contribution in [2.45, 2.75) is 186 Å². The normalized spacial score (nSPS) is 22.1. The summed E-state index contributed by atoms with van der Waals surface area (Å²) >= 11 is 1.34. The third kappa shape index (κ3) is 16.2. The van der Waals surface area contributed by atoms with E-state index in [1.807, 2.05) is 47.6 Å². The number of carboxylic acid groups (broad SMARTS) is 1. The molecule has 5 rings (SSSR count). The van der Waals surface area contributed by atoms with Crippen LogP contribution >= 0.6 is 11.3 Å². The van der Waals surface area contributed by atoms with E-state index in [-0.39, 0.29) is 62.5 Å². The van der Waals surface area contributed by atoms with Gasteiger partial charge in [-0.1, -0.05) is 104 Å². The van der Waals surface area contributed by atoms with E-state index in [1.54, 1.807) is 66.2 Å². The van der Waals surface area contributed by atoms with Gasteiger partial charge in [-0.05, 0) is 54.7 Å². The van der Waals surface area contributed by atoms with E-state index in [9.17, 15) is 54.3 Å². The minimum Gasteiger partial charge on any atom is -0.480 e. The van der Waals surface area contributed by atoms with Crippen LogP contribution in [0.25, 0.3) is 10.1 Å². The summed E-state index contributed by atoms with van der Waals surface area (Å²) in [7, 11) is 6.07. The number of thiophene rings is 1. The van der Waals surface area contributed by atoms with E-state index < -0.39 is 115 Å². The van der Waals surface area contributed by atoms with Crippen LogP contribution in [0, 0.1) is 23.7 Å². The highest BCUT2D eigenvalue weighted by atomic mass is 32.1. The smallest absolute Gasteiger partial charge is 0.410 e.